The smallest absolute Gasteiger partial charge is 0.226 e. The molecule has 0 aromatic heterocycles. The minimum Gasteiger partial charge on any atom is -0.345 e. The average molecular weight is 309 g/mol. The molecule has 1 aliphatic carbocycles. The van der Waals surface area contributed by atoms with Crippen LogP contribution in [0.25, 0.3) is 0 Å². The molecule has 1 heterocycles. The lowest BCUT2D eigenvalue weighted by Gasteiger charge is -2.25. The lowest BCUT2D eigenvalue weighted by Crippen LogP contribution is -2.35. The first kappa shape index (κ1) is 16.3. The van der Waals surface area contributed by atoms with E-state index >= 15 is 0 Å². The second kappa shape index (κ2) is 6.80. The van der Waals surface area contributed by atoms with E-state index in [0.29, 0.717) is 17.2 Å². The van der Waals surface area contributed by atoms with E-state index < -0.39 is 0 Å². The highest BCUT2D eigenvalue weighted by Gasteiger charge is 2.58. The van der Waals surface area contributed by atoms with E-state index in [4.69, 9.17) is 0 Å². The SMILES string of the molecule is CN(CCc1ccccc1)C(=O)C1CC12CCNCC2.Cl. The number of hydrogen-bond donors (Lipinski definition) is 1. The number of benzene rings is 1. The molecule has 1 saturated carbocycles. The van der Waals surface area contributed by atoms with Crippen molar-refractivity contribution in [3.63, 3.8) is 0 Å². The van der Waals surface area contributed by atoms with Gasteiger partial charge in [-0.25, -0.2) is 0 Å². The maximum absolute atomic E-state index is 12.5. The van der Waals surface area contributed by atoms with Crippen molar-refractivity contribution in [2.75, 3.05) is 26.7 Å². The van der Waals surface area contributed by atoms with Crippen molar-refractivity contribution in [1.29, 1.82) is 0 Å². The second-order valence-electron chi connectivity index (χ2n) is 6.36. The summed E-state index contributed by atoms with van der Waals surface area (Å²) in [6, 6.07) is 10.4. The van der Waals surface area contributed by atoms with Crippen molar-refractivity contribution in [3.8, 4) is 0 Å². The summed E-state index contributed by atoms with van der Waals surface area (Å²) in [6.07, 6.45) is 4.42. The van der Waals surface area contributed by atoms with Crippen molar-refractivity contribution >= 4 is 18.3 Å². The van der Waals surface area contributed by atoms with Gasteiger partial charge in [0.1, 0.15) is 0 Å². The minimum absolute atomic E-state index is 0. The molecule has 21 heavy (non-hydrogen) atoms. The summed E-state index contributed by atoms with van der Waals surface area (Å²) in [5.41, 5.74) is 1.66. The Labute approximate surface area is 133 Å². The number of rotatable bonds is 4. The fraction of sp³-hybridized carbons (Fsp3) is 0.588. The zero-order chi connectivity index (χ0) is 14.0. The van der Waals surface area contributed by atoms with Gasteiger partial charge in [0, 0.05) is 19.5 Å². The third kappa shape index (κ3) is 3.58. The van der Waals surface area contributed by atoms with E-state index in [2.05, 4.69) is 29.6 Å². The summed E-state index contributed by atoms with van der Waals surface area (Å²) in [6.45, 7) is 2.99. The number of carbonyl (C=O) groups is 1. The number of hydrogen-bond acceptors (Lipinski definition) is 2. The standard InChI is InChI=1S/C17H24N2O.ClH/c1-19(12-7-14-5-3-2-4-6-14)16(20)15-13-17(15)8-10-18-11-9-17;/h2-6,15,18H,7-13H2,1H3;1H. The minimum atomic E-state index is 0. The first-order valence-corrected chi connectivity index (χ1v) is 7.71. The van der Waals surface area contributed by atoms with E-state index in [0.717, 1.165) is 32.5 Å². The Balaban J connectivity index is 0.00000161. The van der Waals surface area contributed by atoms with Crippen LogP contribution in [0.15, 0.2) is 30.3 Å². The van der Waals surface area contributed by atoms with Crippen molar-refractivity contribution in [2.45, 2.75) is 25.7 Å². The molecule has 1 saturated heterocycles. The Morgan fingerprint density at radius 2 is 1.95 bits per heavy atom. The van der Waals surface area contributed by atoms with Gasteiger partial charge in [0.2, 0.25) is 5.91 Å². The number of halogens is 1. The molecule has 1 aromatic carbocycles. The fourth-order valence-corrected chi connectivity index (χ4v) is 3.49. The molecule has 1 aliphatic heterocycles. The first-order valence-electron chi connectivity index (χ1n) is 7.71. The molecule has 1 amide bonds. The summed E-state index contributed by atoms with van der Waals surface area (Å²) >= 11 is 0. The summed E-state index contributed by atoms with van der Waals surface area (Å²) < 4.78 is 0. The van der Waals surface area contributed by atoms with Gasteiger partial charge >= 0.3 is 0 Å². The monoisotopic (exact) mass is 308 g/mol. The Morgan fingerprint density at radius 1 is 1.29 bits per heavy atom. The van der Waals surface area contributed by atoms with Gasteiger partial charge in [-0.05, 0) is 49.8 Å². The molecule has 4 heteroatoms. The predicted octanol–water partition coefficient (Wildman–Crippen LogP) is 2.50. The van der Waals surface area contributed by atoms with Gasteiger partial charge < -0.3 is 10.2 Å². The molecule has 116 valence electrons. The average Bonchev–Trinajstić information content (AvgIpc) is 3.19. The Kier molecular flexibility index (Phi) is 5.28. The summed E-state index contributed by atoms with van der Waals surface area (Å²) in [5.74, 6) is 0.660. The van der Waals surface area contributed by atoms with Gasteiger partial charge in [-0.15, -0.1) is 12.4 Å². The third-order valence-corrected chi connectivity index (χ3v) is 5.04. The highest BCUT2D eigenvalue weighted by atomic mass is 35.5. The van der Waals surface area contributed by atoms with Crippen LogP contribution >= 0.6 is 12.4 Å². The molecule has 1 atom stereocenters. The number of nitrogens with one attached hydrogen (secondary N) is 1. The van der Waals surface area contributed by atoms with Crippen LogP contribution in [0.5, 0.6) is 0 Å². The van der Waals surface area contributed by atoms with Crippen LogP contribution in [-0.2, 0) is 11.2 Å². The molecule has 2 aliphatic rings. The normalized spacial score (nSPS) is 22.4. The van der Waals surface area contributed by atoms with Crippen molar-refractivity contribution in [3.05, 3.63) is 35.9 Å². The van der Waals surface area contributed by atoms with Gasteiger partial charge in [-0.2, -0.15) is 0 Å². The predicted molar refractivity (Wildman–Crippen MR) is 87.7 cm³/mol. The van der Waals surface area contributed by atoms with Crippen LogP contribution in [0, 0.1) is 11.3 Å². The van der Waals surface area contributed by atoms with E-state index in [1.807, 2.05) is 18.0 Å². The number of nitrogens with zero attached hydrogens (tertiary/aromatic N) is 1. The van der Waals surface area contributed by atoms with Gasteiger partial charge in [-0.1, -0.05) is 30.3 Å². The van der Waals surface area contributed by atoms with Crippen LogP contribution in [0.1, 0.15) is 24.8 Å². The van der Waals surface area contributed by atoms with Gasteiger partial charge in [0.25, 0.3) is 0 Å². The van der Waals surface area contributed by atoms with Crippen LogP contribution in [0.4, 0.5) is 0 Å². The number of amides is 1. The van der Waals surface area contributed by atoms with Gasteiger partial charge in [0.05, 0.1) is 0 Å². The quantitative estimate of drug-likeness (QED) is 0.927. The molecule has 2 fully saturated rings. The van der Waals surface area contributed by atoms with Gasteiger partial charge in [-0.3, -0.25) is 4.79 Å². The molecular weight excluding hydrogens is 284 g/mol. The molecule has 1 N–H and O–H groups in total. The Bertz CT molecular complexity index is 471. The maximum atomic E-state index is 12.5. The van der Waals surface area contributed by atoms with Crippen LogP contribution in [0.3, 0.4) is 0 Å². The maximum Gasteiger partial charge on any atom is 0.226 e. The van der Waals surface area contributed by atoms with Gasteiger partial charge in [0.15, 0.2) is 0 Å². The summed E-state index contributed by atoms with van der Waals surface area (Å²) in [7, 11) is 1.96. The molecule has 1 aromatic rings. The van der Waals surface area contributed by atoms with Crippen molar-refractivity contribution in [1.82, 2.24) is 10.2 Å². The highest BCUT2D eigenvalue weighted by molar-refractivity contribution is 5.85. The highest BCUT2D eigenvalue weighted by Crippen LogP contribution is 2.59. The van der Waals surface area contributed by atoms with E-state index in [-0.39, 0.29) is 12.4 Å². The van der Waals surface area contributed by atoms with E-state index in [1.165, 1.54) is 18.4 Å². The number of carbonyl (C=O) groups excluding carboxylic acids is 1. The molecule has 3 nitrogen and oxygen atoms in total. The molecule has 3 rings (SSSR count). The van der Waals surface area contributed by atoms with Crippen molar-refractivity contribution in [2.24, 2.45) is 11.3 Å². The lowest BCUT2D eigenvalue weighted by molar-refractivity contribution is -0.132. The van der Waals surface area contributed by atoms with E-state index in [1.54, 1.807) is 0 Å². The Hall–Kier alpha value is -1.06. The molecule has 1 spiro atoms. The zero-order valence-electron chi connectivity index (χ0n) is 12.7. The number of likely N-dealkylation sites (N-methyl/N-ethyl adjacent to an activating group) is 1. The Morgan fingerprint density at radius 3 is 2.62 bits per heavy atom. The molecular formula is C17H25ClN2O. The number of piperidine rings is 1. The third-order valence-electron chi connectivity index (χ3n) is 5.04. The topological polar surface area (TPSA) is 32.3 Å². The van der Waals surface area contributed by atoms with Crippen LogP contribution < -0.4 is 5.32 Å². The molecule has 1 unspecified atom stereocenters. The van der Waals surface area contributed by atoms with Crippen molar-refractivity contribution < 1.29 is 4.79 Å². The van der Waals surface area contributed by atoms with Crippen LogP contribution in [0.2, 0.25) is 0 Å². The van der Waals surface area contributed by atoms with E-state index in [9.17, 15) is 4.79 Å². The summed E-state index contributed by atoms with van der Waals surface area (Å²) in [5, 5.41) is 3.39. The lowest BCUT2D eigenvalue weighted by atomic mass is 9.91. The fourth-order valence-electron chi connectivity index (χ4n) is 3.49. The van der Waals surface area contributed by atoms with Crippen LogP contribution in [-0.4, -0.2) is 37.5 Å². The molecule has 0 radical (unpaired) electrons. The largest absolute Gasteiger partial charge is 0.345 e. The summed E-state index contributed by atoms with van der Waals surface area (Å²) in [4.78, 5) is 14.4. The first-order chi connectivity index (χ1) is 9.71. The zero-order valence-corrected chi connectivity index (χ0v) is 13.5. The molecule has 0 bridgehead atoms. The second-order valence-corrected chi connectivity index (χ2v) is 6.36.